The number of methoxy groups -OCH3 is 1. The molecule has 8 nitrogen and oxygen atoms in total. The molecule has 0 saturated heterocycles. The van der Waals surface area contributed by atoms with Crippen LogP contribution in [0.15, 0.2) is 57.5 Å². The molecule has 3 aromatic rings. The van der Waals surface area contributed by atoms with Crippen LogP contribution in [0.4, 0.5) is 0 Å². The fraction of sp³-hybridized carbons (Fsp3) is 0.367. The molecule has 0 N–H and O–H groups in total. The molecule has 4 rings (SSSR count). The van der Waals surface area contributed by atoms with Crippen LogP contribution >= 0.6 is 33.9 Å². The van der Waals surface area contributed by atoms with Gasteiger partial charge in [-0.2, -0.15) is 0 Å². The van der Waals surface area contributed by atoms with Gasteiger partial charge < -0.3 is 18.9 Å². The molecular formula is C30H33IN2O6S. The monoisotopic (exact) mass is 676 g/mol. The Morgan fingerprint density at radius 3 is 2.48 bits per heavy atom. The van der Waals surface area contributed by atoms with Gasteiger partial charge in [-0.1, -0.05) is 29.5 Å². The Morgan fingerprint density at radius 2 is 1.82 bits per heavy atom. The third kappa shape index (κ3) is 6.12. The van der Waals surface area contributed by atoms with Gasteiger partial charge in [0, 0.05) is 14.7 Å². The zero-order chi connectivity index (χ0) is 29.1. The molecule has 1 aromatic heterocycles. The maximum Gasteiger partial charge on any atom is 0.338 e. The van der Waals surface area contributed by atoms with E-state index in [0.29, 0.717) is 49.0 Å². The van der Waals surface area contributed by atoms with Gasteiger partial charge >= 0.3 is 5.97 Å². The van der Waals surface area contributed by atoms with Crippen molar-refractivity contribution in [3.8, 4) is 17.2 Å². The average Bonchev–Trinajstić information content (AvgIpc) is 3.18. The molecule has 0 amide bonds. The fourth-order valence-corrected chi connectivity index (χ4v) is 6.16. The van der Waals surface area contributed by atoms with Crippen LogP contribution in [0.25, 0.3) is 6.08 Å². The van der Waals surface area contributed by atoms with Gasteiger partial charge in [0.1, 0.15) is 11.8 Å². The summed E-state index contributed by atoms with van der Waals surface area (Å²) in [5, 5.41) is 0. The maximum atomic E-state index is 14.1. The summed E-state index contributed by atoms with van der Waals surface area (Å²) >= 11 is 3.47. The lowest BCUT2D eigenvalue weighted by molar-refractivity contribution is -0.139. The smallest absolute Gasteiger partial charge is 0.338 e. The largest absolute Gasteiger partial charge is 0.493 e. The van der Waals surface area contributed by atoms with Crippen LogP contribution in [-0.4, -0.2) is 36.5 Å². The summed E-state index contributed by atoms with van der Waals surface area (Å²) in [6.07, 6.45) is 1.58. The number of aromatic nitrogens is 1. The Kier molecular flexibility index (Phi) is 9.40. The van der Waals surface area contributed by atoms with E-state index in [2.05, 4.69) is 27.6 Å². The van der Waals surface area contributed by atoms with Crippen molar-refractivity contribution in [3.05, 3.63) is 82.1 Å². The molecule has 2 heterocycles. The van der Waals surface area contributed by atoms with Crippen LogP contribution in [0.2, 0.25) is 0 Å². The Bertz CT molecular complexity index is 1640. The molecular weight excluding hydrogens is 643 g/mol. The summed E-state index contributed by atoms with van der Waals surface area (Å²) in [7, 11) is 1.59. The zero-order valence-electron chi connectivity index (χ0n) is 23.6. The highest BCUT2D eigenvalue weighted by Gasteiger charge is 2.35. The first-order chi connectivity index (χ1) is 19.0. The van der Waals surface area contributed by atoms with Crippen LogP contribution in [0.3, 0.4) is 0 Å². The molecule has 0 aliphatic carbocycles. The number of carbonyl (C=O) groups is 1. The van der Waals surface area contributed by atoms with Crippen molar-refractivity contribution < 1.29 is 23.7 Å². The molecule has 10 heteroatoms. The van der Waals surface area contributed by atoms with Crippen LogP contribution in [0, 0.1) is 3.57 Å². The maximum absolute atomic E-state index is 14.1. The molecule has 0 bridgehead atoms. The second-order valence-electron chi connectivity index (χ2n) is 9.70. The summed E-state index contributed by atoms with van der Waals surface area (Å²) in [4.78, 5) is 32.6. The van der Waals surface area contributed by atoms with Crippen molar-refractivity contribution in [3.63, 3.8) is 0 Å². The summed E-state index contributed by atoms with van der Waals surface area (Å²) in [6.45, 7) is 11.5. The molecule has 0 spiro atoms. The molecule has 0 fully saturated rings. The molecule has 2 aromatic carbocycles. The highest BCUT2D eigenvalue weighted by atomic mass is 127. The van der Waals surface area contributed by atoms with Crippen molar-refractivity contribution in [1.82, 2.24) is 4.57 Å². The quantitative estimate of drug-likeness (QED) is 0.235. The van der Waals surface area contributed by atoms with E-state index in [0.717, 1.165) is 3.57 Å². The number of para-hydroxylation sites is 1. The van der Waals surface area contributed by atoms with Crippen LogP contribution < -0.4 is 29.1 Å². The van der Waals surface area contributed by atoms with E-state index in [1.54, 1.807) is 31.6 Å². The second-order valence-corrected chi connectivity index (χ2v) is 12.0. The van der Waals surface area contributed by atoms with E-state index in [4.69, 9.17) is 18.9 Å². The zero-order valence-corrected chi connectivity index (χ0v) is 26.6. The van der Waals surface area contributed by atoms with E-state index < -0.39 is 12.0 Å². The first-order valence-corrected chi connectivity index (χ1v) is 14.9. The minimum Gasteiger partial charge on any atom is -0.493 e. The van der Waals surface area contributed by atoms with Gasteiger partial charge in [0.25, 0.3) is 5.56 Å². The number of fused-ring (bicyclic) bond motifs is 1. The van der Waals surface area contributed by atoms with Gasteiger partial charge in [-0.3, -0.25) is 9.36 Å². The number of nitrogens with zero attached hydrogens (tertiary/aromatic N) is 2. The van der Waals surface area contributed by atoms with E-state index in [1.807, 2.05) is 64.1 Å². The van der Waals surface area contributed by atoms with Crippen LogP contribution in [-0.2, 0) is 9.53 Å². The lowest BCUT2D eigenvalue weighted by Gasteiger charge is -2.26. The van der Waals surface area contributed by atoms with Crippen LogP contribution in [0.1, 0.15) is 58.7 Å². The second kappa shape index (κ2) is 12.6. The van der Waals surface area contributed by atoms with Crippen molar-refractivity contribution in [2.24, 2.45) is 4.99 Å². The van der Waals surface area contributed by atoms with Crippen molar-refractivity contribution >= 4 is 46.0 Å². The highest BCUT2D eigenvalue weighted by molar-refractivity contribution is 14.1. The molecule has 0 radical (unpaired) electrons. The average molecular weight is 677 g/mol. The molecule has 1 aliphatic heterocycles. The molecule has 1 aliphatic rings. The van der Waals surface area contributed by atoms with Crippen molar-refractivity contribution in [1.29, 1.82) is 0 Å². The number of esters is 1. The number of hydrogen-bond donors (Lipinski definition) is 0. The Morgan fingerprint density at radius 1 is 1.12 bits per heavy atom. The molecule has 40 heavy (non-hydrogen) atoms. The van der Waals surface area contributed by atoms with Crippen molar-refractivity contribution in [2.75, 3.05) is 13.7 Å². The van der Waals surface area contributed by atoms with E-state index >= 15 is 0 Å². The number of halogens is 1. The van der Waals surface area contributed by atoms with E-state index in [9.17, 15) is 9.59 Å². The van der Waals surface area contributed by atoms with E-state index in [1.165, 1.54) is 11.3 Å². The third-order valence-corrected chi connectivity index (χ3v) is 7.61. The summed E-state index contributed by atoms with van der Waals surface area (Å²) in [6, 6.07) is 10.5. The number of ether oxygens (including phenoxy) is 4. The van der Waals surface area contributed by atoms with Gasteiger partial charge in [0.05, 0.1) is 41.7 Å². The lowest BCUT2D eigenvalue weighted by atomic mass is 9.95. The Labute approximate surface area is 251 Å². The topological polar surface area (TPSA) is 88.4 Å². The fourth-order valence-electron chi connectivity index (χ4n) is 4.50. The number of benzene rings is 2. The van der Waals surface area contributed by atoms with Gasteiger partial charge in [-0.05, 0) is 88.4 Å². The number of allylic oxidation sites excluding steroid dienone is 1. The SMILES string of the molecule is CCOC(=O)C1=C(C)N=c2s/c(=C\c3cc(I)cc(OC)c3OC(C)C)c(=O)n2[C@@H]1c1ccccc1OC(C)C. The Balaban J connectivity index is 2.01. The summed E-state index contributed by atoms with van der Waals surface area (Å²) < 4.78 is 26.2. The molecule has 1 atom stereocenters. The minimum atomic E-state index is -0.774. The van der Waals surface area contributed by atoms with Crippen LogP contribution in [0.5, 0.6) is 17.2 Å². The van der Waals surface area contributed by atoms with Crippen molar-refractivity contribution in [2.45, 2.75) is 59.8 Å². The summed E-state index contributed by atoms with van der Waals surface area (Å²) in [5.74, 6) is 1.21. The predicted octanol–water partition coefficient (Wildman–Crippen LogP) is 4.99. The normalized spacial score (nSPS) is 15.2. The lowest BCUT2D eigenvalue weighted by Crippen LogP contribution is -2.40. The predicted molar refractivity (Wildman–Crippen MR) is 164 cm³/mol. The van der Waals surface area contributed by atoms with E-state index in [-0.39, 0.29) is 24.4 Å². The Hall–Kier alpha value is -3.12. The first kappa shape index (κ1) is 29.9. The minimum absolute atomic E-state index is 0.102. The molecule has 0 unspecified atom stereocenters. The van der Waals surface area contributed by atoms with Gasteiger partial charge in [-0.15, -0.1) is 0 Å². The molecule has 0 saturated carbocycles. The standard InChI is InChI=1S/C30H33IN2O6S/c1-8-37-29(35)25-18(6)32-30-33(26(25)21-11-9-10-12-22(21)38-16(2)3)28(34)24(40-30)14-19-13-20(31)15-23(36-7)27(19)39-17(4)5/h9-17,26H,8H2,1-7H3/b24-14-/t26-/m1/s1. The van der Waals surface area contributed by atoms with Gasteiger partial charge in [0.2, 0.25) is 0 Å². The number of rotatable bonds is 9. The van der Waals surface area contributed by atoms with Gasteiger partial charge in [0.15, 0.2) is 16.3 Å². The highest BCUT2D eigenvalue weighted by Crippen LogP contribution is 2.37. The summed E-state index contributed by atoms with van der Waals surface area (Å²) in [5.41, 5.74) is 1.91. The number of hydrogen-bond acceptors (Lipinski definition) is 8. The van der Waals surface area contributed by atoms with Gasteiger partial charge in [-0.25, -0.2) is 9.79 Å². The number of carbonyl (C=O) groups excluding carboxylic acids is 1. The first-order valence-electron chi connectivity index (χ1n) is 13.0. The molecule has 212 valence electrons. The number of thiazole rings is 1. The third-order valence-electron chi connectivity index (χ3n) is 6.00.